The Bertz CT molecular complexity index is 500. The molecule has 2 aliphatic carbocycles. The molecule has 0 spiro atoms. The van der Waals surface area contributed by atoms with Gasteiger partial charge in [-0.15, -0.1) is 0 Å². The summed E-state index contributed by atoms with van der Waals surface area (Å²) in [5, 5.41) is 3.65. The molecule has 1 fully saturated rings. The average molecular weight is 322 g/mol. The maximum atomic E-state index is 5.29. The number of nitrogens with one attached hydrogen (secondary N) is 1. The number of allylic oxidation sites excluding steroid dienone is 2. The molecule has 0 radical (unpaired) electrons. The van der Waals surface area contributed by atoms with E-state index in [2.05, 4.69) is 46.4 Å². The first-order valence-electron chi connectivity index (χ1n) is 6.96. The zero-order valence-corrected chi connectivity index (χ0v) is 13.0. The van der Waals surface area contributed by atoms with Crippen molar-refractivity contribution in [2.24, 2.45) is 17.8 Å². The van der Waals surface area contributed by atoms with E-state index < -0.39 is 0 Å². The molecule has 0 saturated heterocycles. The molecule has 2 aliphatic rings. The van der Waals surface area contributed by atoms with Crippen molar-refractivity contribution in [3.05, 3.63) is 34.8 Å². The predicted molar refractivity (Wildman–Crippen MR) is 82.6 cm³/mol. The maximum absolute atomic E-state index is 5.29. The minimum atomic E-state index is 0.489. The van der Waals surface area contributed by atoms with Crippen LogP contribution in [0.5, 0.6) is 5.75 Å². The largest absolute Gasteiger partial charge is 0.497 e. The molecule has 4 unspecified atom stereocenters. The van der Waals surface area contributed by atoms with Crippen molar-refractivity contribution in [3.8, 4) is 5.75 Å². The van der Waals surface area contributed by atoms with Crippen molar-refractivity contribution in [2.75, 3.05) is 12.4 Å². The van der Waals surface area contributed by atoms with E-state index >= 15 is 0 Å². The van der Waals surface area contributed by atoms with Crippen LogP contribution in [0, 0.1) is 17.8 Å². The van der Waals surface area contributed by atoms with Crippen molar-refractivity contribution in [2.45, 2.75) is 25.8 Å². The second-order valence-corrected chi connectivity index (χ2v) is 6.58. The minimum absolute atomic E-state index is 0.489. The smallest absolute Gasteiger partial charge is 0.121 e. The number of anilines is 1. The number of halogens is 1. The average Bonchev–Trinajstić information content (AvgIpc) is 3.03. The number of benzene rings is 1. The van der Waals surface area contributed by atoms with Crippen molar-refractivity contribution in [1.82, 2.24) is 0 Å². The summed E-state index contributed by atoms with van der Waals surface area (Å²) in [6.07, 6.45) is 7.50. The number of hydrogen-bond donors (Lipinski definition) is 1. The zero-order chi connectivity index (χ0) is 13.4. The third kappa shape index (κ3) is 2.53. The van der Waals surface area contributed by atoms with Crippen LogP contribution in [0.15, 0.2) is 34.8 Å². The van der Waals surface area contributed by atoms with Gasteiger partial charge in [-0.1, -0.05) is 12.2 Å². The predicted octanol–water partition coefficient (Wildman–Crippen LogP) is 4.47. The van der Waals surface area contributed by atoms with E-state index in [4.69, 9.17) is 4.74 Å². The quantitative estimate of drug-likeness (QED) is 0.826. The van der Waals surface area contributed by atoms with Gasteiger partial charge in [0.05, 0.1) is 12.8 Å². The number of rotatable bonds is 4. The topological polar surface area (TPSA) is 21.3 Å². The molecule has 3 rings (SSSR count). The van der Waals surface area contributed by atoms with Crippen molar-refractivity contribution < 1.29 is 4.74 Å². The Hall–Kier alpha value is -0.960. The van der Waals surface area contributed by atoms with Crippen molar-refractivity contribution >= 4 is 21.6 Å². The highest BCUT2D eigenvalue weighted by Crippen LogP contribution is 2.45. The van der Waals surface area contributed by atoms with Crippen LogP contribution in [0.2, 0.25) is 0 Å². The van der Waals surface area contributed by atoms with E-state index in [1.54, 1.807) is 7.11 Å². The Morgan fingerprint density at radius 3 is 2.79 bits per heavy atom. The molecule has 1 aromatic carbocycles. The van der Waals surface area contributed by atoms with E-state index in [1.807, 2.05) is 12.1 Å². The molecule has 0 amide bonds. The van der Waals surface area contributed by atoms with E-state index in [9.17, 15) is 0 Å². The van der Waals surface area contributed by atoms with Gasteiger partial charge in [0.15, 0.2) is 0 Å². The number of methoxy groups -OCH3 is 1. The van der Waals surface area contributed by atoms with Crippen LogP contribution in [0.25, 0.3) is 0 Å². The molecular weight excluding hydrogens is 302 g/mol. The Morgan fingerprint density at radius 1 is 1.32 bits per heavy atom. The maximum Gasteiger partial charge on any atom is 0.121 e. The van der Waals surface area contributed by atoms with Gasteiger partial charge in [0.25, 0.3) is 0 Å². The fourth-order valence-electron chi connectivity index (χ4n) is 3.49. The summed E-state index contributed by atoms with van der Waals surface area (Å²) < 4.78 is 6.39. The summed E-state index contributed by atoms with van der Waals surface area (Å²) in [5.41, 5.74) is 1.12. The Labute approximate surface area is 123 Å². The van der Waals surface area contributed by atoms with E-state index in [0.717, 1.165) is 33.7 Å². The van der Waals surface area contributed by atoms with Gasteiger partial charge in [-0.05, 0) is 65.6 Å². The van der Waals surface area contributed by atoms with Crippen LogP contribution in [-0.4, -0.2) is 13.2 Å². The molecule has 0 aliphatic heterocycles. The van der Waals surface area contributed by atoms with Gasteiger partial charge in [-0.25, -0.2) is 0 Å². The van der Waals surface area contributed by atoms with Crippen LogP contribution in [-0.2, 0) is 0 Å². The second-order valence-electron chi connectivity index (χ2n) is 5.72. The summed E-state index contributed by atoms with van der Waals surface area (Å²) >= 11 is 3.61. The highest BCUT2D eigenvalue weighted by Gasteiger charge is 2.38. The first kappa shape index (κ1) is 13.0. The molecule has 1 saturated carbocycles. The molecule has 102 valence electrons. The fraction of sp³-hybridized carbons (Fsp3) is 0.500. The fourth-order valence-corrected chi connectivity index (χ4v) is 3.85. The van der Waals surface area contributed by atoms with Crippen LogP contribution >= 0.6 is 15.9 Å². The summed E-state index contributed by atoms with van der Waals surface area (Å²) in [6, 6.07) is 6.56. The monoisotopic (exact) mass is 321 g/mol. The summed E-state index contributed by atoms with van der Waals surface area (Å²) in [4.78, 5) is 0. The molecule has 2 bridgehead atoms. The van der Waals surface area contributed by atoms with Gasteiger partial charge >= 0.3 is 0 Å². The summed E-state index contributed by atoms with van der Waals surface area (Å²) in [5.74, 6) is 3.25. The molecular formula is C16H20BrNO. The van der Waals surface area contributed by atoms with Gasteiger partial charge in [0.2, 0.25) is 0 Å². The van der Waals surface area contributed by atoms with Gasteiger partial charge in [-0.2, -0.15) is 0 Å². The molecule has 0 heterocycles. The van der Waals surface area contributed by atoms with E-state index in [1.165, 1.54) is 12.8 Å². The van der Waals surface area contributed by atoms with E-state index in [0.29, 0.717) is 6.04 Å². The van der Waals surface area contributed by atoms with Gasteiger partial charge in [-0.3, -0.25) is 0 Å². The first-order chi connectivity index (χ1) is 9.17. The minimum Gasteiger partial charge on any atom is -0.497 e. The van der Waals surface area contributed by atoms with Gasteiger partial charge < -0.3 is 10.1 Å². The normalized spacial score (nSPS) is 29.5. The standard InChI is InChI=1S/C16H20BrNO/c1-10(14-8-11-3-4-12(14)7-11)18-16-9-13(19-2)5-6-15(16)17/h3-6,9-12,14,18H,7-8H2,1-2H3. The van der Waals surface area contributed by atoms with Crippen LogP contribution in [0.4, 0.5) is 5.69 Å². The van der Waals surface area contributed by atoms with Crippen molar-refractivity contribution in [1.29, 1.82) is 0 Å². The highest BCUT2D eigenvalue weighted by molar-refractivity contribution is 9.10. The van der Waals surface area contributed by atoms with Crippen LogP contribution in [0.3, 0.4) is 0 Å². The van der Waals surface area contributed by atoms with Gasteiger partial charge in [0.1, 0.15) is 5.75 Å². The third-order valence-electron chi connectivity index (χ3n) is 4.53. The lowest BCUT2D eigenvalue weighted by Gasteiger charge is -2.27. The number of ether oxygens (including phenoxy) is 1. The van der Waals surface area contributed by atoms with Crippen LogP contribution < -0.4 is 10.1 Å². The Morgan fingerprint density at radius 2 is 2.16 bits per heavy atom. The highest BCUT2D eigenvalue weighted by atomic mass is 79.9. The lowest BCUT2D eigenvalue weighted by molar-refractivity contribution is 0.398. The lowest BCUT2D eigenvalue weighted by Crippen LogP contribution is -2.28. The van der Waals surface area contributed by atoms with E-state index in [-0.39, 0.29) is 0 Å². The molecule has 1 aromatic rings. The SMILES string of the molecule is COc1ccc(Br)c(NC(C)C2CC3C=CC2C3)c1. The van der Waals surface area contributed by atoms with Crippen LogP contribution in [0.1, 0.15) is 19.8 Å². The molecule has 4 atom stereocenters. The summed E-state index contributed by atoms with van der Waals surface area (Å²) in [7, 11) is 1.71. The van der Waals surface area contributed by atoms with Crippen molar-refractivity contribution in [3.63, 3.8) is 0 Å². The third-order valence-corrected chi connectivity index (χ3v) is 5.22. The zero-order valence-electron chi connectivity index (χ0n) is 11.4. The summed E-state index contributed by atoms with van der Waals surface area (Å²) in [6.45, 7) is 2.30. The Balaban J connectivity index is 1.72. The molecule has 1 N–H and O–H groups in total. The molecule has 3 heteroatoms. The molecule has 0 aromatic heterocycles. The number of hydrogen-bond acceptors (Lipinski definition) is 2. The Kier molecular flexibility index (Phi) is 3.57. The molecule has 19 heavy (non-hydrogen) atoms. The lowest BCUT2D eigenvalue weighted by atomic mass is 9.87. The molecule has 2 nitrogen and oxygen atoms in total. The second kappa shape index (κ2) is 5.20. The first-order valence-corrected chi connectivity index (χ1v) is 7.75. The van der Waals surface area contributed by atoms with Gasteiger partial charge in [0, 0.05) is 16.6 Å². The number of fused-ring (bicyclic) bond motifs is 2.